The smallest absolute Gasteiger partial charge is 0.137 e. The number of aryl methyl sites for hydroxylation is 1. The molecule has 0 unspecified atom stereocenters. The molecule has 0 spiro atoms. The first kappa shape index (κ1) is 10.4. The SMILES string of the molecule is Cc1ccc(OC[C@@H]2CCCN2C)cn1. The van der Waals surface area contributed by atoms with Crippen LogP contribution in [0.3, 0.4) is 0 Å². The number of nitrogens with zero attached hydrogens (tertiary/aromatic N) is 2. The second-order valence-electron chi connectivity index (χ2n) is 4.22. The first-order chi connectivity index (χ1) is 7.25. The fourth-order valence-corrected chi connectivity index (χ4v) is 1.92. The summed E-state index contributed by atoms with van der Waals surface area (Å²) in [6.07, 6.45) is 4.33. The Bertz CT molecular complexity index is 310. The van der Waals surface area contributed by atoms with Gasteiger partial charge in [0.15, 0.2) is 0 Å². The molecule has 0 aliphatic carbocycles. The van der Waals surface area contributed by atoms with Gasteiger partial charge in [0.05, 0.1) is 6.20 Å². The Morgan fingerprint density at radius 2 is 2.40 bits per heavy atom. The van der Waals surface area contributed by atoms with E-state index in [0.717, 1.165) is 18.1 Å². The van der Waals surface area contributed by atoms with Crippen LogP contribution in [0.25, 0.3) is 0 Å². The van der Waals surface area contributed by atoms with Crippen LogP contribution in [0.5, 0.6) is 5.75 Å². The van der Waals surface area contributed by atoms with E-state index in [2.05, 4.69) is 16.9 Å². The third kappa shape index (κ3) is 2.69. The quantitative estimate of drug-likeness (QED) is 0.755. The molecule has 0 amide bonds. The average molecular weight is 206 g/mol. The predicted molar refractivity (Wildman–Crippen MR) is 60.1 cm³/mol. The minimum Gasteiger partial charge on any atom is -0.490 e. The molecule has 1 aliphatic heterocycles. The molecule has 2 rings (SSSR count). The molecule has 1 atom stereocenters. The Morgan fingerprint density at radius 3 is 3.00 bits per heavy atom. The number of rotatable bonds is 3. The molecule has 0 saturated carbocycles. The molecule has 1 fully saturated rings. The Kier molecular flexibility index (Phi) is 3.21. The predicted octanol–water partition coefficient (Wildman–Crippen LogP) is 1.86. The maximum Gasteiger partial charge on any atom is 0.137 e. The summed E-state index contributed by atoms with van der Waals surface area (Å²) in [6.45, 7) is 3.95. The lowest BCUT2D eigenvalue weighted by Gasteiger charge is -2.19. The molecule has 1 aliphatic rings. The lowest BCUT2D eigenvalue weighted by molar-refractivity contribution is 0.198. The number of aromatic nitrogens is 1. The average Bonchev–Trinajstić information content (AvgIpc) is 2.63. The van der Waals surface area contributed by atoms with Crippen LogP contribution >= 0.6 is 0 Å². The Morgan fingerprint density at radius 1 is 1.53 bits per heavy atom. The van der Waals surface area contributed by atoms with Crippen LogP contribution in [-0.4, -0.2) is 36.1 Å². The number of hydrogen-bond donors (Lipinski definition) is 0. The highest BCUT2D eigenvalue weighted by Crippen LogP contribution is 2.16. The lowest BCUT2D eigenvalue weighted by atomic mass is 10.2. The molecule has 0 aromatic carbocycles. The lowest BCUT2D eigenvalue weighted by Crippen LogP contribution is -2.30. The van der Waals surface area contributed by atoms with E-state index in [1.54, 1.807) is 6.20 Å². The van der Waals surface area contributed by atoms with Gasteiger partial charge >= 0.3 is 0 Å². The first-order valence-corrected chi connectivity index (χ1v) is 5.51. The molecule has 15 heavy (non-hydrogen) atoms. The van der Waals surface area contributed by atoms with Gasteiger partial charge in [0.1, 0.15) is 12.4 Å². The molecular formula is C12H18N2O. The Hall–Kier alpha value is -1.09. The van der Waals surface area contributed by atoms with E-state index in [1.165, 1.54) is 19.4 Å². The summed E-state index contributed by atoms with van der Waals surface area (Å²) >= 11 is 0. The van der Waals surface area contributed by atoms with Gasteiger partial charge in [0.2, 0.25) is 0 Å². The maximum absolute atomic E-state index is 5.71. The second kappa shape index (κ2) is 4.62. The molecule has 1 aromatic rings. The highest BCUT2D eigenvalue weighted by atomic mass is 16.5. The fraction of sp³-hybridized carbons (Fsp3) is 0.583. The zero-order valence-electron chi connectivity index (χ0n) is 9.44. The molecule has 82 valence electrons. The van der Waals surface area contributed by atoms with Crippen molar-refractivity contribution in [2.24, 2.45) is 0 Å². The van der Waals surface area contributed by atoms with Crippen molar-refractivity contribution in [3.05, 3.63) is 24.0 Å². The first-order valence-electron chi connectivity index (χ1n) is 5.51. The number of likely N-dealkylation sites (N-methyl/N-ethyl adjacent to an activating group) is 1. The minimum absolute atomic E-state index is 0.575. The van der Waals surface area contributed by atoms with E-state index in [0.29, 0.717) is 6.04 Å². The van der Waals surface area contributed by atoms with Gasteiger partial charge in [-0.15, -0.1) is 0 Å². The van der Waals surface area contributed by atoms with Gasteiger partial charge in [0.25, 0.3) is 0 Å². The Labute approximate surface area is 91.1 Å². The largest absolute Gasteiger partial charge is 0.490 e. The van der Waals surface area contributed by atoms with E-state index in [-0.39, 0.29) is 0 Å². The van der Waals surface area contributed by atoms with Crippen LogP contribution in [0.4, 0.5) is 0 Å². The standard InChI is InChI=1S/C12H18N2O/c1-10-5-6-12(8-13-10)15-9-11-4-3-7-14(11)2/h5-6,8,11H,3-4,7,9H2,1-2H3/t11-/m0/s1. The molecule has 0 bridgehead atoms. The van der Waals surface area contributed by atoms with Gasteiger partial charge in [-0.1, -0.05) is 0 Å². The van der Waals surface area contributed by atoms with Gasteiger partial charge in [-0.2, -0.15) is 0 Å². The van der Waals surface area contributed by atoms with Crippen molar-refractivity contribution in [1.82, 2.24) is 9.88 Å². The summed E-state index contributed by atoms with van der Waals surface area (Å²) in [4.78, 5) is 6.57. The van der Waals surface area contributed by atoms with E-state index in [1.807, 2.05) is 19.1 Å². The van der Waals surface area contributed by atoms with Crippen LogP contribution < -0.4 is 4.74 Å². The molecule has 3 heteroatoms. The summed E-state index contributed by atoms with van der Waals surface area (Å²) < 4.78 is 5.71. The van der Waals surface area contributed by atoms with E-state index < -0.39 is 0 Å². The minimum atomic E-state index is 0.575. The summed E-state index contributed by atoms with van der Waals surface area (Å²) in [6, 6.07) is 4.54. The van der Waals surface area contributed by atoms with Crippen LogP contribution in [0.1, 0.15) is 18.5 Å². The van der Waals surface area contributed by atoms with Crippen LogP contribution in [0.15, 0.2) is 18.3 Å². The van der Waals surface area contributed by atoms with Crippen molar-refractivity contribution in [3.63, 3.8) is 0 Å². The molecule has 0 N–H and O–H groups in total. The van der Waals surface area contributed by atoms with E-state index in [9.17, 15) is 0 Å². The molecule has 3 nitrogen and oxygen atoms in total. The number of likely N-dealkylation sites (tertiary alicyclic amines) is 1. The van der Waals surface area contributed by atoms with Gasteiger partial charge < -0.3 is 9.64 Å². The maximum atomic E-state index is 5.71. The van der Waals surface area contributed by atoms with Crippen LogP contribution in [-0.2, 0) is 0 Å². The van der Waals surface area contributed by atoms with Crippen molar-refractivity contribution in [3.8, 4) is 5.75 Å². The molecule has 1 saturated heterocycles. The molecule has 2 heterocycles. The number of hydrogen-bond acceptors (Lipinski definition) is 3. The van der Waals surface area contributed by atoms with Crippen LogP contribution in [0.2, 0.25) is 0 Å². The monoisotopic (exact) mass is 206 g/mol. The second-order valence-corrected chi connectivity index (χ2v) is 4.22. The normalized spacial score (nSPS) is 21.9. The van der Waals surface area contributed by atoms with Crippen molar-refractivity contribution < 1.29 is 4.74 Å². The third-order valence-corrected chi connectivity index (χ3v) is 3.00. The number of ether oxygens (including phenoxy) is 1. The van der Waals surface area contributed by atoms with Crippen molar-refractivity contribution in [2.75, 3.05) is 20.2 Å². The highest BCUT2D eigenvalue weighted by molar-refractivity contribution is 5.19. The summed E-state index contributed by atoms with van der Waals surface area (Å²) in [7, 11) is 2.16. The van der Waals surface area contributed by atoms with Crippen molar-refractivity contribution in [2.45, 2.75) is 25.8 Å². The van der Waals surface area contributed by atoms with Crippen molar-refractivity contribution >= 4 is 0 Å². The zero-order valence-corrected chi connectivity index (χ0v) is 9.44. The third-order valence-electron chi connectivity index (χ3n) is 3.00. The van der Waals surface area contributed by atoms with Gasteiger partial charge in [-0.3, -0.25) is 4.98 Å². The van der Waals surface area contributed by atoms with Gasteiger partial charge in [-0.25, -0.2) is 0 Å². The molecular weight excluding hydrogens is 188 g/mol. The van der Waals surface area contributed by atoms with Gasteiger partial charge in [-0.05, 0) is 45.5 Å². The highest BCUT2D eigenvalue weighted by Gasteiger charge is 2.21. The fourth-order valence-electron chi connectivity index (χ4n) is 1.92. The summed E-state index contributed by atoms with van der Waals surface area (Å²) in [5.74, 6) is 0.876. The molecule has 1 aromatic heterocycles. The van der Waals surface area contributed by atoms with Gasteiger partial charge in [0, 0.05) is 11.7 Å². The summed E-state index contributed by atoms with van der Waals surface area (Å²) in [5, 5.41) is 0. The number of pyridine rings is 1. The van der Waals surface area contributed by atoms with Crippen molar-refractivity contribution in [1.29, 1.82) is 0 Å². The van der Waals surface area contributed by atoms with Crippen LogP contribution in [0, 0.1) is 6.92 Å². The Balaban J connectivity index is 1.85. The topological polar surface area (TPSA) is 25.4 Å². The van der Waals surface area contributed by atoms with E-state index in [4.69, 9.17) is 4.74 Å². The van der Waals surface area contributed by atoms with E-state index >= 15 is 0 Å². The molecule has 0 radical (unpaired) electrons. The zero-order chi connectivity index (χ0) is 10.7. The summed E-state index contributed by atoms with van der Waals surface area (Å²) in [5.41, 5.74) is 1.03.